The average molecular weight is 345 g/mol. The maximum Gasteiger partial charge on any atom is 0.250 e. The van der Waals surface area contributed by atoms with Crippen molar-refractivity contribution < 1.29 is 9.16 Å². The number of hydrogen-bond acceptors (Lipinski definition) is 3. The molecule has 130 valence electrons. The molecule has 0 saturated carbocycles. The van der Waals surface area contributed by atoms with E-state index in [-0.39, 0.29) is 5.04 Å². The van der Waals surface area contributed by atoms with Crippen molar-refractivity contribution in [2.75, 3.05) is 7.11 Å². The van der Waals surface area contributed by atoms with Crippen molar-refractivity contribution in [2.24, 2.45) is 0 Å². The standard InChI is InChI=1S/C19H28N2O2Si/c1-14-12-16(21-20-14)10-8-15-9-11-17(18(13-15)22-5)23-24(6,7)19(2,3)4/h8-13H,1-7H3,(H,20,21). The van der Waals surface area contributed by atoms with Gasteiger partial charge in [0.05, 0.1) is 12.8 Å². The molecule has 0 spiro atoms. The SMILES string of the molecule is COc1cc(C=Cc2cc(C)[nH]n2)ccc1O[Si](C)(C)C(C)(C)C. The molecule has 1 heterocycles. The fourth-order valence-electron chi connectivity index (χ4n) is 2.01. The van der Waals surface area contributed by atoms with Crippen molar-refractivity contribution in [3.05, 3.63) is 41.2 Å². The zero-order valence-corrected chi connectivity index (χ0v) is 16.7. The smallest absolute Gasteiger partial charge is 0.250 e. The number of hydrogen-bond donors (Lipinski definition) is 1. The van der Waals surface area contributed by atoms with Gasteiger partial charge >= 0.3 is 0 Å². The van der Waals surface area contributed by atoms with Crippen LogP contribution in [0.5, 0.6) is 11.5 Å². The summed E-state index contributed by atoms with van der Waals surface area (Å²) in [6.45, 7) is 13.2. The predicted octanol–water partition coefficient (Wildman–Crippen LogP) is 5.28. The van der Waals surface area contributed by atoms with Crippen LogP contribution in [0.25, 0.3) is 12.2 Å². The molecule has 0 saturated heterocycles. The maximum atomic E-state index is 6.38. The molecule has 1 aromatic carbocycles. The molecule has 0 aliphatic carbocycles. The highest BCUT2D eigenvalue weighted by Crippen LogP contribution is 2.40. The van der Waals surface area contributed by atoms with Gasteiger partial charge in [0, 0.05) is 5.69 Å². The Morgan fingerprint density at radius 1 is 1.08 bits per heavy atom. The lowest BCUT2D eigenvalue weighted by Crippen LogP contribution is -2.43. The lowest BCUT2D eigenvalue weighted by atomic mass is 10.2. The second kappa shape index (κ2) is 6.85. The summed E-state index contributed by atoms with van der Waals surface area (Å²) < 4.78 is 11.9. The Balaban J connectivity index is 2.23. The van der Waals surface area contributed by atoms with Crippen molar-refractivity contribution in [3.8, 4) is 11.5 Å². The second-order valence-electron chi connectivity index (χ2n) is 7.58. The molecule has 1 aromatic heterocycles. The lowest BCUT2D eigenvalue weighted by molar-refractivity contribution is 0.386. The van der Waals surface area contributed by atoms with Crippen LogP contribution in [-0.2, 0) is 0 Å². The van der Waals surface area contributed by atoms with Crippen LogP contribution in [-0.4, -0.2) is 25.6 Å². The van der Waals surface area contributed by atoms with Crippen molar-refractivity contribution in [3.63, 3.8) is 0 Å². The summed E-state index contributed by atoms with van der Waals surface area (Å²) in [6.07, 6.45) is 4.00. The van der Waals surface area contributed by atoms with Crippen LogP contribution in [0.4, 0.5) is 0 Å². The molecular weight excluding hydrogens is 316 g/mol. The zero-order chi connectivity index (χ0) is 18.0. The van der Waals surface area contributed by atoms with E-state index in [1.807, 2.05) is 43.3 Å². The molecule has 4 nitrogen and oxygen atoms in total. The monoisotopic (exact) mass is 344 g/mol. The molecule has 0 aliphatic heterocycles. The first-order chi connectivity index (χ1) is 11.1. The van der Waals surface area contributed by atoms with Gasteiger partial charge in [0.25, 0.3) is 8.32 Å². The Hall–Kier alpha value is -2.01. The molecule has 0 aliphatic rings. The summed E-state index contributed by atoms with van der Waals surface area (Å²) in [5.74, 6) is 1.58. The van der Waals surface area contributed by atoms with E-state index in [1.54, 1.807) is 7.11 Å². The largest absolute Gasteiger partial charge is 0.541 e. The van der Waals surface area contributed by atoms with Gasteiger partial charge in [-0.25, -0.2) is 0 Å². The summed E-state index contributed by atoms with van der Waals surface area (Å²) in [5.41, 5.74) is 3.01. The third-order valence-corrected chi connectivity index (χ3v) is 8.87. The first kappa shape index (κ1) is 18.3. The first-order valence-electron chi connectivity index (χ1n) is 8.19. The minimum Gasteiger partial charge on any atom is -0.541 e. The van der Waals surface area contributed by atoms with Crippen LogP contribution < -0.4 is 9.16 Å². The second-order valence-corrected chi connectivity index (χ2v) is 12.3. The molecule has 2 aromatic rings. The van der Waals surface area contributed by atoms with Gasteiger partial charge < -0.3 is 9.16 Å². The van der Waals surface area contributed by atoms with E-state index >= 15 is 0 Å². The molecule has 0 bridgehead atoms. The molecular formula is C19H28N2O2Si. The molecule has 1 N–H and O–H groups in total. The third-order valence-electron chi connectivity index (χ3n) is 4.53. The van der Waals surface area contributed by atoms with Crippen LogP contribution >= 0.6 is 0 Å². The molecule has 24 heavy (non-hydrogen) atoms. The van der Waals surface area contributed by atoms with Crippen LogP contribution in [0.15, 0.2) is 24.3 Å². The minimum absolute atomic E-state index is 0.147. The number of methoxy groups -OCH3 is 1. The van der Waals surface area contributed by atoms with Crippen molar-refractivity contribution in [2.45, 2.75) is 45.8 Å². The number of aromatic nitrogens is 2. The lowest BCUT2D eigenvalue weighted by Gasteiger charge is -2.36. The number of H-pyrrole nitrogens is 1. The van der Waals surface area contributed by atoms with Gasteiger partial charge in [0.1, 0.15) is 5.75 Å². The van der Waals surface area contributed by atoms with E-state index in [0.717, 1.165) is 28.5 Å². The van der Waals surface area contributed by atoms with E-state index in [4.69, 9.17) is 9.16 Å². The van der Waals surface area contributed by atoms with Crippen LogP contribution in [0.3, 0.4) is 0 Å². The Morgan fingerprint density at radius 3 is 2.33 bits per heavy atom. The number of aromatic amines is 1. The first-order valence-corrected chi connectivity index (χ1v) is 11.1. The van der Waals surface area contributed by atoms with E-state index in [2.05, 4.69) is 44.1 Å². The van der Waals surface area contributed by atoms with Gasteiger partial charge in [-0.1, -0.05) is 32.9 Å². The van der Waals surface area contributed by atoms with Crippen LogP contribution in [0.2, 0.25) is 18.1 Å². The molecule has 5 heteroatoms. The number of nitrogens with zero attached hydrogens (tertiary/aromatic N) is 1. The van der Waals surface area contributed by atoms with E-state index in [9.17, 15) is 0 Å². The Morgan fingerprint density at radius 2 is 1.79 bits per heavy atom. The third kappa shape index (κ3) is 4.29. The summed E-state index contributed by atoms with van der Waals surface area (Å²) in [6, 6.07) is 8.04. The van der Waals surface area contributed by atoms with Gasteiger partial charge in [0.2, 0.25) is 0 Å². The van der Waals surface area contributed by atoms with Crippen molar-refractivity contribution in [1.29, 1.82) is 0 Å². The van der Waals surface area contributed by atoms with Gasteiger partial charge in [-0.15, -0.1) is 0 Å². The van der Waals surface area contributed by atoms with Crippen LogP contribution in [0.1, 0.15) is 37.7 Å². The summed E-state index contributed by atoms with van der Waals surface area (Å²) in [5, 5.41) is 7.29. The number of nitrogens with one attached hydrogen (secondary N) is 1. The van der Waals surface area contributed by atoms with Crippen molar-refractivity contribution >= 4 is 20.5 Å². The molecule has 0 atom stereocenters. The minimum atomic E-state index is -1.89. The number of rotatable bonds is 5. The average Bonchev–Trinajstić information content (AvgIpc) is 2.90. The van der Waals surface area contributed by atoms with Gasteiger partial charge in [-0.05, 0) is 54.9 Å². The number of ether oxygens (including phenoxy) is 1. The molecule has 0 radical (unpaired) electrons. The highest BCUT2D eigenvalue weighted by atomic mass is 28.4. The molecule has 0 fully saturated rings. The van der Waals surface area contributed by atoms with Gasteiger partial charge in [-0.3, -0.25) is 5.10 Å². The fraction of sp³-hybridized carbons (Fsp3) is 0.421. The summed E-state index contributed by atoms with van der Waals surface area (Å²) in [4.78, 5) is 0. The van der Waals surface area contributed by atoms with Gasteiger partial charge in [0.15, 0.2) is 5.75 Å². The highest BCUT2D eigenvalue weighted by molar-refractivity contribution is 6.74. The predicted molar refractivity (Wildman–Crippen MR) is 103 cm³/mol. The zero-order valence-electron chi connectivity index (χ0n) is 15.7. The van der Waals surface area contributed by atoms with E-state index in [1.165, 1.54) is 0 Å². The molecule has 0 unspecified atom stereocenters. The fourth-order valence-corrected chi connectivity index (χ4v) is 3.03. The Labute approximate surface area is 146 Å². The van der Waals surface area contributed by atoms with Gasteiger partial charge in [-0.2, -0.15) is 5.10 Å². The Kier molecular flexibility index (Phi) is 5.23. The normalized spacial score (nSPS) is 12.6. The van der Waals surface area contributed by atoms with Crippen LogP contribution in [0, 0.1) is 6.92 Å². The number of aryl methyl sites for hydroxylation is 1. The quantitative estimate of drug-likeness (QED) is 0.751. The topological polar surface area (TPSA) is 47.1 Å². The number of benzene rings is 1. The summed E-state index contributed by atoms with van der Waals surface area (Å²) in [7, 11) is -0.212. The Bertz CT molecular complexity index is 727. The maximum absolute atomic E-state index is 6.38. The van der Waals surface area contributed by atoms with Crippen molar-refractivity contribution in [1.82, 2.24) is 10.2 Å². The van der Waals surface area contributed by atoms with E-state index in [0.29, 0.717) is 0 Å². The van der Waals surface area contributed by atoms with E-state index < -0.39 is 8.32 Å². The molecule has 0 amide bonds. The highest BCUT2D eigenvalue weighted by Gasteiger charge is 2.39. The molecule has 2 rings (SSSR count). The summed E-state index contributed by atoms with van der Waals surface area (Å²) >= 11 is 0.